The number of hydrogen-bond donors (Lipinski definition) is 3. The molecular formula is C12H10Cl2N4O4. The lowest BCUT2D eigenvalue weighted by molar-refractivity contribution is -0.385. The van der Waals surface area contributed by atoms with Crippen molar-refractivity contribution in [3.8, 4) is 0 Å². The molecule has 1 unspecified atom stereocenters. The van der Waals surface area contributed by atoms with Crippen LogP contribution >= 0.6 is 23.2 Å². The summed E-state index contributed by atoms with van der Waals surface area (Å²) in [6, 6.07) is 4.51. The van der Waals surface area contributed by atoms with E-state index in [1.165, 1.54) is 18.2 Å². The van der Waals surface area contributed by atoms with Crippen molar-refractivity contribution >= 4 is 34.8 Å². The molecular weight excluding hydrogens is 335 g/mol. The Labute approximate surface area is 134 Å². The molecule has 2 aromatic rings. The summed E-state index contributed by atoms with van der Waals surface area (Å²) in [6.07, 6.45) is -0.135. The summed E-state index contributed by atoms with van der Waals surface area (Å²) in [6.45, 7) is -0.175. The van der Waals surface area contributed by atoms with Gasteiger partial charge in [0.05, 0.1) is 11.0 Å². The Morgan fingerprint density at radius 2 is 2.05 bits per heavy atom. The zero-order chi connectivity index (χ0) is 16.3. The van der Waals surface area contributed by atoms with E-state index in [-0.39, 0.29) is 12.2 Å². The van der Waals surface area contributed by atoms with Crippen molar-refractivity contribution in [3.05, 3.63) is 55.8 Å². The van der Waals surface area contributed by atoms with Crippen LogP contribution in [0.1, 0.15) is 22.2 Å². The van der Waals surface area contributed by atoms with E-state index in [9.17, 15) is 20.0 Å². The topological polar surface area (TPSA) is 121 Å². The van der Waals surface area contributed by atoms with Crippen LogP contribution in [0.2, 0.25) is 10.0 Å². The number of nitrogens with one attached hydrogen (secondary N) is 2. The van der Waals surface area contributed by atoms with E-state index in [1.807, 2.05) is 0 Å². The van der Waals surface area contributed by atoms with Crippen LogP contribution in [0, 0.1) is 10.1 Å². The Morgan fingerprint density at radius 1 is 1.41 bits per heavy atom. The highest BCUT2D eigenvalue weighted by Crippen LogP contribution is 2.23. The number of nitrogens with zero attached hydrogens (tertiary/aromatic N) is 2. The van der Waals surface area contributed by atoms with E-state index < -0.39 is 22.6 Å². The third-order valence-corrected chi connectivity index (χ3v) is 3.21. The van der Waals surface area contributed by atoms with Crippen molar-refractivity contribution in [1.82, 2.24) is 15.5 Å². The molecule has 1 atom stereocenters. The second-order valence-corrected chi connectivity index (χ2v) is 5.19. The Hall–Kier alpha value is -2.16. The maximum Gasteiger partial charge on any atom is 0.319 e. The van der Waals surface area contributed by atoms with Crippen molar-refractivity contribution in [1.29, 1.82) is 0 Å². The molecule has 0 radical (unpaired) electrons. The lowest BCUT2D eigenvalue weighted by Gasteiger charge is -2.12. The molecule has 0 aliphatic rings. The summed E-state index contributed by atoms with van der Waals surface area (Å²) in [5.74, 6) is -0.753. The number of aliphatic hydroxyl groups excluding tert-OH is 1. The minimum absolute atomic E-state index is 0.175. The molecule has 1 aromatic heterocycles. The zero-order valence-corrected chi connectivity index (χ0v) is 12.4. The largest absolute Gasteiger partial charge is 0.387 e. The van der Waals surface area contributed by atoms with Gasteiger partial charge in [0, 0.05) is 16.6 Å². The molecule has 116 valence electrons. The number of aliphatic hydroxyl groups is 1. The van der Waals surface area contributed by atoms with Gasteiger partial charge < -0.3 is 10.4 Å². The van der Waals surface area contributed by atoms with Crippen LogP contribution in [0.4, 0.5) is 5.69 Å². The van der Waals surface area contributed by atoms with Gasteiger partial charge in [0.1, 0.15) is 6.20 Å². The van der Waals surface area contributed by atoms with Gasteiger partial charge in [-0.05, 0) is 23.8 Å². The van der Waals surface area contributed by atoms with Gasteiger partial charge in [0.2, 0.25) is 5.69 Å². The summed E-state index contributed by atoms with van der Waals surface area (Å²) < 4.78 is 0. The van der Waals surface area contributed by atoms with Crippen molar-refractivity contribution in [3.63, 3.8) is 0 Å². The maximum atomic E-state index is 11.9. The average molecular weight is 345 g/mol. The first-order chi connectivity index (χ1) is 10.4. The molecule has 1 heterocycles. The van der Waals surface area contributed by atoms with Crippen molar-refractivity contribution in [2.75, 3.05) is 6.54 Å². The molecule has 0 spiro atoms. The van der Waals surface area contributed by atoms with Crippen LogP contribution < -0.4 is 5.32 Å². The summed E-state index contributed by atoms with van der Waals surface area (Å²) >= 11 is 11.6. The lowest BCUT2D eigenvalue weighted by Crippen LogP contribution is -2.29. The molecule has 1 aromatic carbocycles. The van der Waals surface area contributed by atoms with Crippen molar-refractivity contribution in [2.24, 2.45) is 0 Å². The lowest BCUT2D eigenvalue weighted by atomic mass is 10.1. The first kappa shape index (κ1) is 16.2. The monoisotopic (exact) mass is 344 g/mol. The van der Waals surface area contributed by atoms with Crippen LogP contribution in [-0.4, -0.2) is 32.7 Å². The minimum atomic E-state index is -1.07. The number of halogens is 2. The fourth-order valence-electron chi connectivity index (χ4n) is 1.75. The molecule has 3 N–H and O–H groups in total. The van der Waals surface area contributed by atoms with Crippen LogP contribution in [0.25, 0.3) is 0 Å². The number of nitro groups is 1. The highest BCUT2D eigenvalue weighted by atomic mass is 35.5. The Kier molecular flexibility index (Phi) is 4.96. The highest BCUT2D eigenvalue weighted by Gasteiger charge is 2.23. The number of carbonyl (C=O) groups is 1. The minimum Gasteiger partial charge on any atom is -0.387 e. The number of benzene rings is 1. The van der Waals surface area contributed by atoms with Gasteiger partial charge in [-0.2, -0.15) is 5.10 Å². The number of rotatable bonds is 5. The summed E-state index contributed by atoms with van der Waals surface area (Å²) in [7, 11) is 0. The third kappa shape index (κ3) is 3.73. The van der Waals surface area contributed by atoms with Gasteiger partial charge >= 0.3 is 5.69 Å². The second kappa shape index (κ2) is 6.73. The molecule has 0 aliphatic heterocycles. The van der Waals surface area contributed by atoms with E-state index in [0.29, 0.717) is 15.6 Å². The van der Waals surface area contributed by atoms with Crippen molar-refractivity contribution < 1.29 is 14.8 Å². The molecule has 1 amide bonds. The van der Waals surface area contributed by atoms with Gasteiger partial charge in [-0.3, -0.25) is 20.0 Å². The molecule has 22 heavy (non-hydrogen) atoms. The van der Waals surface area contributed by atoms with Crippen LogP contribution in [0.5, 0.6) is 0 Å². The zero-order valence-electron chi connectivity index (χ0n) is 10.9. The smallest absolute Gasteiger partial charge is 0.319 e. The molecule has 0 saturated carbocycles. The van der Waals surface area contributed by atoms with Crippen LogP contribution in [0.3, 0.4) is 0 Å². The van der Waals surface area contributed by atoms with Crippen LogP contribution in [0.15, 0.2) is 24.4 Å². The fourth-order valence-corrected chi connectivity index (χ4v) is 2.29. The van der Waals surface area contributed by atoms with Gasteiger partial charge in [-0.25, -0.2) is 0 Å². The Morgan fingerprint density at radius 3 is 2.64 bits per heavy atom. The summed E-state index contributed by atoms with van der Waals surface area (Å²) in [5, 5.41) is 29.5. The first-order valence-corrected chi connectivity index (χ1v) is 6.74. The van der Waals surface area contributed by atoms with Crippen LogP contribution in [-0.2, 0) is 0 Å². The van der Waals surface area contributed by atoms with Gasteiger partial charge in [0.25, 0.3) is 5.91 Å². The van der Waals surface area contributed by atoms with Gasteiger partial charge in [0.15, 0.2) is 0 Å². The quantitative estimate of drug-likeness (QED) is 0.566. The third-order valence-electron chi connectivity index (χ3n) is 2.77. The number of hydrogen-bond acceptors (Lipinski definition) is 5. The predicted molar refractivity (Wildman–Crippen MR) is 79.0 cm³/mol. The second-order valence-electron chi connectivity index (χ2n) is 4.32. The summed E-state index contributed by atoms with van der Waals surface area (Å²) in [5.41, 5.74) is -0.323. The van der Waals surface area contributed by atoms with E-state index in [4.69, 9.17) is 23.2 Å². The fraction of sp³-hybridized carbons (Fsp3) is 0.167. The van der Waals surface area contributed by atoms with E-state index in [1.54, 1.807) is 0 Å². The number of amides is 1. The summed E-state index contributed by atoms with van der Waals surface area (Å²) in [4.78, 5) is 21.8. The van der Waals surface area contributed by atoms with E-state index in [2.05, 4.69) is 15.5 Å². The first-order valence-electron chi connectivity index (χ1n) is 5.98. The molecule has 0 bridgehead atoms. The van der Waals surface area contributed by atoms with E-state index >= 15 is 0 Å². The Balaban J connectivity index is 2.04. The molecule has 0 fully saturated rings. The predicted octanol–water partition coefficient (Wildman–Crippen LogP) is 2.09. The van der Waals surface area contributed by atoms with E-state index in [0.717, 1.165) is 6.20 Å². The maximum absolute atomic E-state index is 11.9. The van der Waals surface area contributed by atoms with Gasteiger partial charge in [-0.1, -0.05) is 23.2 Å². The standard InChI is InChI=1S/C12H10Cl2N4O4/c13-7-1-6(2-8(14)3-7)10(19)5-15-12(20)11-9(18(21)22)4-16-17-11/h1-4,10,19H,5H2,(H,15,20)(H,16,17). The van der Waals surface area contributed by atoms with Crippen molar-refractivity contribution in [2.45, 2.75) is 6.10 Å². The number of aromatic nitrogens is 2. The molecule has 2 rings (SSSR count). The number of aromatic amines is 1. The normalized spacial score (nSPS) is 12.0. The molecule has 8 nitrogen and oxygen atoms in total. The highest BCUT2D eigenvalue weighted by molar-refractivity contribution is 6.34. The number of H-pyrrole nitrogens is 1. The molecule has 10 heteroatoms. The SMILES string of the molecule is O=C(NCC(O)c1cc(Cl)cc(Cl)c1)c1[nH]ncc1[N+](=O)[O-]. The molecule has 0 saturated heterocycles. The van der Waals surface area contributed by atoms with Gasteiger partial charge in [-0.15, -0.1) is 0 Å². The molecule has 0 aliphatic carbocycles. The number of carbonyl (C=O) groups excluding carboxylic acids is 1. The Bertz CT molecular complexity index is 699. The average Bonchev–Trinajstić information content (AvgIpc) is 2.93.